The van der Waals surface area contributed by atoms with Crippen LogP contribution in [0.25, 0.3) is 0 Å². The van der Waals surface area contributed by atoms with Crippen molar-refractivity contribution in [2.45, 2.75) is 45.8 Å². The van der Waals surface area contributed by atoms with Crippen molar-refractivity contribution in [1.82, 2.24) is 9.80 Å². The average molecular weight is 414 g/mol. The van der Waals surface area contributed by atoms with Gasteiger partial charge in [-0.1, -0.05) is 13.0 Å². The molecule has 2 aliphatic rings. The zero-order valence-corrected chi connectivity index (χ0v) is 17.2. The van der Waals surface area contributed by atoms with Crippen LogP contribution in [0.3, 0.4) is 0 Å². The molecule has 1 saturated heterocycles. The minimum Gasteiger partial charge on any atom is -0.486 e. The molecule has 0 bridgehead atoms. The molecule has 1 fully saturated rings. The lowest BCUT2D eigenvalue weighted by molar-refractivity contribution is -0.132. The molecular formula is C23H27FN2O4. The number of rotatable bonds is 6. The summed E-state index contributed by atoms with van der Waals surface area (Å²) in [4.78, 5) is 28.2. The maximum absolute atomic E-state index is 13.4. The van der Waals surface area contributed by atoms with Gasteiger partial charge in [-0.15, -0.1) is 0 Å². The Morgan fingerprint density at radius 1 is 1.20 bits per heavy atom. The number of carbonyl (C=O) groups excluding carboxylic acids is 1. The van der Waals surface area contributed by atoms with E-state index >= 15 is 0 Å². The van der Waals surface area contributed by atoms with Crippen LogP contribution in [-0.4, -0.2) is 35.4 Å². The van der Waals surface area contributed by atoms with Gasteiger partial charge in [-0.25, -0.2) is 4.39 Å². The number of benzene rings is 1. The smallest absolute Gasteiger partial charge is 0.227 e. The van der Waals surface area contributed by atoms with Gasteiger partial charge in [0.1, 0.15) is 17.8 Å². The third-order valence-corrected chi connectivity index (χ3v) is 5.93. The largest absolute Gasteiger partial charge is 0.486 e. The molecule has 1 amide bonds. The molecular weight excluding hydrogens is 387 g/mol. The van der Waals surface area contributed by atoms with Crippen LogP contribution in [0.4, 0.5) is 4.39 Å². The van der Waals surface area contributed by atoms with Crippen molar-refractivity contribution in [3.05, 3.63) is 63.5 Å². The van der Waals surface area contributed by atoms with Crippen molar-refractivity contribution >= 4 is 5.91 Å². The van der Waals surface area contributed by atoms with Gasteiger partial charge in [-0.05, 0) is 42.0 Å². The van der Waals surface area contributed by atoms with E-state index in [1.54, 1.807) is 12.1 Å². The van der Waals surface area contributed by atoms with Gasteiger partial charge >= 0.3 is 0 Å². The molecule has 3 heterocycles. The molecule has 6 nitrogen and oxygen atoms in total. The van der Waals surface area contributed by atoms with Crippen molar-refractivity contribution in [3.63, 3.8) is 0 Å². The molecule has 0 unspecified atom stereocenters. The van der Waals surface area contributed by atoms with E-state index in [9.17, 15) is 14.0 Å². The first-order valence-corrected chi connectivity index (χ1v) is 10.5. The molecule has 0 aliphatic carbocycles. The van der Waals surface area contributed by atoms with Crippen LogP contribution >= 0.6 is 0 Å². The van der Waals surface area contributed by atoms with Gasteiger partial charge in [-0.2, -0.15) is 0 Å². The summed E-state index contributed by atoms with van der Waals surface area (Å²) in [7, 11) is 0. The van der Waals surface area contributed by atoms with Crippen LogP contribution in [0, 0.1) is 11.7 Å². The Hall–Kier alpha value is -2.67. The number of fused-ring (bicyclic) bond motifs is 1. The molecule has 1 aromatic carbocycles. The van der Waals surface area contributed by atoms with Gasteiger partial charge in [0.05, 0.1) is 13.2 Å². The van der Waals surface area contributed by atoms with E-state index in [2.05, 4.69) is 4.90 Å². The quantitative estimate of drug-likeness (QED) is 0.726. The normalized spacial score (nSPS) is 17.2. The number of nitrogens with zero attached hydrogens (tertiary/aromatic N) is 2. The minimum absolute atomic E-state index is 0.192. The van der Waals surface area contributed by atoms with Crippen molar-refractivity contribution in [3.8, 4) is 5.75 Å². The number of halogens is 1. The molecule has 1 aromatic heterocycles. The Kier molecular flexibility index (Phi) is 6.18. The highest BCUT2D eigenvalue weighted by atomic mass is 19.1. The van der Waals surface area contributed by atoms with Gasteiger partial charge in [0.25, 0.3) is 0 Å². The van der Waals surface area contributed by atoms with E-state index in [-0.39, 0.29) is 22.9 Å². The summed E-state index contributed by atoms with van der Waals surface area (Å²) < 4.78 is 24.7. The van der Waals surface area contributed by atoms with Crippen molar-refractivity contribution in [2.75, 3.05) is 19.7 Å². The summed E-state index contributed by atoms with van der Waals surface area (Å²) >= 11 is 0. The van der Waals surface area contributed by atoms with Crippen LogP contribution < -0.4 is 10.2 Å². The van der Waals surface area contributed by atoms with Crippen molar-refractivity contribution < 1.29 is 18.3 Å². The highest BCUT2D eigenvalue weighted by Gasteiger charge is 2.23. The predicted molar refractivity (Wildman–Crippen MR) is 109 cm³/mol. The highest BCUT2D eigenvalue weighted by molar-refractivity contribution is 5.75. The van der Waals surface area contributed by atoms with Gasteiger partial charge in [-0.3, -0.25) is 14.5 Å². The Labute approximate surface area is 175 Å². The van der Waals surface area contributed by atoms with Gasteiger partial charge in [0.2, 0.25) is 17.1 Å². The molecule has 0 radical (unpaired) electrons. The number of likely N-dealkylation sites (tertiary alicyclic amines) is 1. The molecule has 2 aliphatic heterocycles. The second-order valence-electron chi connectivity index (χ2n) is 8.12. The third kappa shape index (κ3) is 4.73. The van der Waals surface area contributed by atoms with E-state index in [0.717, 1.165) is 37.1 Å². The molecule has 7 heteroatoms. The molecule has 30 heavy (non-hydrogen) atoms. The Bertz CT molecular complexity index is 966. The monoisotopic (exact) mass is 414 g/mol. The number of amides is 1. The average Bonchev–Trinajstić information content (AvgIpc) is 3.14. The number of ether oxygens (including phenoxy) is 1. The van der Waals surface area contributed by atoms with E-state index in [4.69, 9.17) is 9.15 Å². The van der Waals surface area contributed by atoms with Crippen LogP contribution in [0.15, 0.2) is 39.7 Å². The van der Waals surface area contributed by atoms with Crippen LogP contribution in [0.2, 0.25) is 0 Å². The van der Waals surface area contributed by atoms with Crippen molar-refractivity contribution in [1.29, 1.82) is 0 Å². The first-order chi connectivity index (χ1) is 14.5. The lowest BCUT2D eigenvalue weighted by Crippen LogP contribution is -2.39. The maximum atomic E-state index is 13.4. The second-order valence-corrected chi connectivity index (χ2v) is 8.12. The van der Waals surface area contributed by atoms with E-state index in [0.29, 0.717) is 44.3 Å². The minimum atomic E-state index is -0.230. The summed E-state index contributed by atoms with van der Waals surface area (Å²) in [5.74, 6) is 1.07. The second kappa shape index (κ2) is 9.00. The molecule has 0 spiro atoms. The fraction of sp³-hybridized carbons (Fsp3) is 0.478. The Morgan fingerprint density at radius 3 is 2.70 bits per heavy atom. The standard InChI is InChI=1S/C23H27FN2O4/c1-2-23(28)26-7-5-16(6-8-26)14-30-22-15-29-20(10-21(22)27)13-25-11-17-3-4-19(24)9-18(17)12-25/h3-4,9-10,15-16H,2,5-8,11-14H2,1H3. The number of piperidine rings is 1. The zero-order valence-electron chi connectivity index (χ0n) is 17.2. The zero-order chi connectivity index (χ0) is 21.1. The Balaban J connectivity index is 1.28. The highest BCUT2D eigenvalue weighted by Crippen LogP contribution is 2.25. The predicted octanol–water partition coefficient (Wildman–Crippen LogP) is 3.32. The van der Waals surface area contributed by atoms with E-state index in [1.165, 1.54) is 18.4 Å². The first-order valence-electron chi connectivity index (χ1n) is 10.5. The summed E-state index contributed by atoms with van der Waals surface area (Å²) in [6, 6.07) is 6.31. The third-order valence-electron chi connectivity index (χ3n) is 5.93. The fourth-order valence-corrected chi connectivity index (χ4v) is 4.17. The SMILES string of the molecule is CCC(=O)N1CCC(COc2coc(CN3Cc4ccc(F)cc4C3)cc2=O)CC1. The number of hydrogen-bond acceptors (Lipinski definition) is 5. The van der Waals surface area contributed by atoms with E-state index in [1.807, 2.05) is 11.8 Å². The van der Waals surface area contributed by atoms with Crippen LogP contribution in [0.5, 0.6) is 5.75 Å². The van der Waals surface area contributed by atoms with Crippen molar-refractivity contribution in [2.24, 2.45) is 5.92 Å². The molecule has 4 rings (SSSR count). The molecule has 0 atom stereocenters. The number of carbonyl (C=O) groups is 1. The van der Waals surface area contributed by atoms with Gasteiger partial charge in [0, 0.05) is 38.7 Å². The molecule has 2 aromatic rings. The summed E-state index contributed by atoms with van der Waals surface area (Å²) in [5.41, 5.74) is 1.88. The molecule has 0 saturated carbocycles. The molecule has 160 valence electrons. The van der Waals surface area contributed by atoms with Gasteiger partial charge < -0.3 is 14.1 Å². The number of hydrogen-bond donors (Lipinski definition) is 0. The van der Waals surface area contributed by atoms with Gasteiger partial charge in [0.15, 0.2) is 0 Å². The molecule has 0 N–H and O–H groups in total. The van der Waals surface area contributed by atoms with Crippen LogP contribution in [-0.2, 0) is 24.4 Å². The summed E-state index contributed by atoms with van der Waals surface area (Å²) in [5, 5.41) is 0. The topological polar surface area (TPSA) is 63.0 Å². The fourth-order valence-electron chi connectivity index (χ4n) is 4.17. The summed E-state index contributed by atoms with van der Waals surface area (Å²) in [6.07, 6.45) is 3.68. The van der Waals surface area contributed by atoms with E-state index < -0.39 is 0 Å². The first kappa shape index (κ1) is 20.6. The summed E-state index contributed by atoms with van der Waals surface area (Å²) in [6.45, 7) is 5.64. The Morgan fingerprint density at radius 2 is 1.97 bits per heavy atom. The lowest BCUT2D eigenvalue weighted by Gasteiger charge is -2.31. The maximum Gasteiger partial charge on any atom is 0.227 e. The van der Waals surface area contributed by atoms with Crippen LogP contribution in [0.1, 0.15) is 43.1 Å². The lowest BCUT2D eigenvalue weighted by atomic mass is 9.97.